The summed E-state index contributed by atoms with van der Waals surface area (Å²) in [6.45, 7) is 0.318. The Morgan fingerprint density at radius 3 is 2.33 bits per heavy atom. The minimum atomic E-state index is -0.889. The minimum Gasteiger partial charge on any atom is -0.475 e. The Morgan fingerprint density at radius 1 is 1.14 bits per heavy atom. The highest BCUT2D eigenvalue weighted by atomic mass is 16.5. The van der Waals surface area contributed by atoms with Gasteiger partial charge in [-0.1, -0.05) is 56.0 Å². The maximum atomic E-state index is 12.3. The van der Waals surface area contributed by atoms with E-state index in [1.807, 2.05) is 30.3 Å². The van der Waals surface area contributed by atoms with Crippen LogP contribution in [0.2, 0.25) is 0 Å². The summed E-state index contributed by atoms with van der Waals surface area (Å²) in [5.41, 5.74) is 0.107. The fraction of sp³-hybridized carbons (Fsp3) is 0.529. The van der Waals surface area contributed by atoms with Crippen LogP contribution in [-0.4, -0.2) is 19.0 Å². The van der Waals surface area contributed by atoms with E-state index in [4.69, 9.17) is 14.9 Å². The van der Waals surface area contributed by atoms with Crippen molar-refractivity contribution in [1.82, 2.24) is 0 Å². The van der Waals surface area contributed by atoms with Gasteiger partial charge in [-0.05, 0) is 18.4 Å². The third kappa shape index (κ3) is 3.63. The Bertz CT molecular complexity index is 476. The monoisotopic (exact) mass is 289 g/mol. The van der Waals surface area contributed by atoms with Crippen LogP contribution in [0.4, 0.5) is 0 Å². The molecule has 0 radical (unpaired) electrons. The normalized spacial score (nSPS) is 17.6. The summed E-state index contributed by atoms with van der Waals surface area (Å²) < 4.78 is 10.6. The van der Waals surface area contributed by atoms with Crippen LogP contribution >= 0.6 is 0 Å². The van der Waals surface area contributed by atoms with Gasteiger partial charge in [-0.15, -0.1) is 0 Å². The largest absolute Gasteiger partial charge is 0.475 e. The Labute approximate surface area is 126 Å². The molecule has 1 N–H and O–H groups in total. The molecule has 1 aliphatic carbocycles. The molecule has 4 heteroatoms. The van der Waals surface area contributed by atoms with E-state index in [9.17, 15) is 4.79 Å². The lowest BCUT2D eigenvalue weighted by Crippen LogP contribution is -2.40. The van der Waals surface area contributed by atoms with Crippen molar-refractivity contribution in [3.8, 4) is 0 Å². The van der Waals surface area contributed by atoms with Crippen molar-refractivity contribution >= 4 is 11.9 Å². The first-order valence-electron chi connectivity index (χ1n) is 7.53. The maximum Gasteiger partial charge on any atom is 0.321 e. The van der Waals surface area contributed by atoms with Gasteiger partial charge < -0.3 is 9.47 Å². The van der Waals surface area contributed by atoms with E-state index >= 15 is 0 Å². The van der Waals surface area contributed by atoms with E-state index in [1.54, 1.807) is 0 Å². The molecule has 0 spiro atoms. The van der Waals surface area contributed by atoms with Gasteiger partial charge in [-0.25, -0.2) is 0 Å². The summed E-state index contributed by atoms with van der Waals surface area (Å²) in [6.07, 6.45) is 5.37. The predicted octanol–water partition coefficient (Wildman–Crippen LogP) is 3.69. The molecule has 0 atom stereocenters. The van der Waals surface area contributed by atoms with Gasteiger partial charge >= 0.3 is 5.97 Å². The lowest BCUT2D eigenvalue weighted by molar-refractivity contribution is -0.150. The Balaban J connectivity index is 2.09. The number of carbonyl (C=O) groups is 1. The van der Waals surface area contributed by atoms with E-state index in [1.165, 1.54) is 7.11 Å². The van der Waals surface area contributed by atoms with Gasteiger partial charge in [0, 0.05) is 0 Å². The van der Waals surface area contributed by atoms with Crippen LogP contribution in [0.25, 0.3) is 0 Å². The van der Waals surface area contributed by atoms with E-state index in [2.05, 4.69) is 0 Å². The van der Waals surface area contributed by atoms with Gasteiger partial charge in [0.25, 0.3) is 0 Å². The average molecular weight is 289 g/mol. The lowest BCUT2D eigenvalue weighted by Gasteiger charge is -2.29. The number of hydrogen-bond donors (Lipinski definition) is 1. The fourth-order valence-corrected chi connectivity index (χ4v) is 2.92. The van der Waals surface area contributed by atoms with Crippen molar-refractivity contribution in [2.24, 2.45) is 5.41 Å². The molecule has 2 rings (SSSR count). The highest BCUT2D eigenvalue weighted by Gasteiger charge is 2.45. The van der Waals surface area contributed by atoms with Crippen LogP contribution in [0, 0.1) is 10.8 Å². The van der Waals surface area contributed by atoms with Gasteiger partial charge in [0.05, 0.1) is 7.11 Å². The first-order valence-corrected chi connectivity index (χ1v) is 7.53. The van der Waals surface area contributed by atoms with Crippen LogP contribution in [-0.2, 0) is 20.9 Å². The number of rotatable bonds is 4. The number of ether oxygens (including phenoxy) is 2. The Hall–Kier alpha value is -1.84. The molecule has 1 saturated carbocycles. The van der Waals surface area contributed by atoms with Crippen molar-refractivity contribution in [3.63, 3.8) is 0 Å². The topological polar surface area (TPSA) is 59.4 Å². The molecule has 0 saturated heterocycles. The molecule has 0 aromatic heterocycles. The molecule has 0 heterocycles. The molecule has 1 fully saturated rings. The molecule has 1 aromatic rings. The van der Waals surface area contributed by atoms with Gasteiger partial charge in [0.2, 0.25) is 0 Å². The van der Waals surface area contributed by atoms with E-state index in [-0.39, 0.29) is 11.9 Å². The first kappa shape index (κ1) is 15.5. The molecule has 21 heavy (non-hydrogen) atoms. The Morgan fingerprint density at radius 2 is 1.76 bits per heavy atom. The van der Waals surface area contributed by atoms with Gasteiger partial charge in [-0.3, -0.25) is 10.2 Å². The van der Waals surface area contributed by atoms with Crippen LogP contribution < -0.4 is 0 Å². The highest BCUT2D eigenvalue weighted by Crippen LogP contribution is 2.37. The number of benzene rings is 1. The zero-order chi connectivity index (χ0) is 15.1. The van der Waals surface area contributed by atoms with Crippen LogP contribution in [0.15, 0.2) is 30.3 Å². The second-order valence-corrected chi connectivity index (χ2v) is 5.59. The summed E-state index contributed by atoms with van der Waals surface area (Å²) in [5.74, 6) is -0.275. The minimum absolute atomic E-state index is 0.0557. The number of nitrogens with one attached hydrogen (secondary N) is 1. The summed E-state index contributed by atoms with van der Waals surface area (Å²) in [7, 11) is 1.39. The van der Waals surface area contributed by atoms with Crippen molar-refractivity contribution < 1.29 is 14.3 Å². The van der Waals surface area contributed by atoms with Gasteiger partial charge in [0.15, 0.2) is 5.90 Å². The van der Waals surface area contributed by atoms with E-state index in [0.29, 0.717) is 19.4 Å². The quantitative estimate of drug-likeness (QED) is 0.398. The molecule has 0 bridgehead atoms. The third-order valence-electron chi connectivity index (χ3n) is 4.19. The summed E-state index contributed by atoms with van der Waals surface area (Å²) in [6, 6.07) is 9.71. The zero-order valence-corrected chi connectivity index (χ0v) is 12.6. The van der Waals surface area contributed by atoms with Crippen LogP contribution in [0.1, 0.15) is 44.1 Å². The standard InChI is InChI=1S/C17H23NO3/c1-20-16(19)17(11-7-2-3-8-12-17)15(18)21-13-14-9-5-4-6-10-14/h4-6,9-10,18H,2-3,7-8,11-13H2,1H3. The average Bonchev–Trinajstić information content (AvgIpc) is 2.79. The number of carbonyl (C=O) groups excluding carboxylic acids is 1. The highest BCUT2D eigenvalue weighted by molar-refractivity contribution is 6.01. The molecule has 1 aliphatic rings. The smallest absolute Gasteiger partial charge is 0.321 e. The fourth-order valence-electron chi connectivity index (χ4n) is 2.92. The van der Waals surface area contributed by atoms with Crippen LogP contribution in [0.5, 0.6) is 0 Å². The molecule has 114 valence electrons. The number of methoxy groups -OCH3 is 1. The SMILES string of the molecule is COC(=O)C1(C(=N)OCc2ccccc2)CCCCCC1. The number of hydrogen-bond acceptors (Lipinski definition) is 4. The molecule has 0 unspecified atom stereocenters. The van der Waals surface area contributed by atoms with Crippen molar-refractivity contribution in [1.29, 1.82) is 5.41 Å². The molecule has 0 aliphatic heterocycles. The molecular weight excluding hydrogens is 266 g/mol. The second-order valence-electron chi connectivity index (χ2n) is 5.59. The third-order valence-corrected chi connectivity index (χ3v) is 4.19. The first-order chi connectivity index (χ1) is 10.2. The molecule has 1 aromatic carbocycles. The Kier molecular flexibility index (Phi) is 5.37. The van der Waals surface area contributed by atoms with Crippen molar-refractivity contribution in [2.45, 2.75) is 45.1 Å². The number of esters is 1. The second kappa shape index (κ2) is 7.25. The molecular formula is C17H23NO3. The van der Waals surface area contributed by atoms with E-state index < -0.39 is 5.41 Å². The van der Waals surface area contributed by atoms with E-state index in [0.717, 1.165) is 31.2 Å². The van der Waals surface area contributed by atoms with Gasteiger partial charge in [0.1, 0.15) is 12.0 Å². The van der Waals surface area contributed by atoms with Crippen molar-refractivity contribution in [2.75, 3.05) is 7.11 Å². The van der Waals surface area contributed by atoms with Crippen LogP contribution in [0.3, 0.4) is 0 Å². The molecule has 0 amide bonds. The maximum absolute atomic E-state index is 12.3. The summed E-state index contributed by atoms with van der Waals surface area (Å²) in [5, 5.41) is 8.29. The summed E-state index contributed by atoms with van der Waals surface area (Å²) >= 11 is 0. The molecule has 4 nitrogen and oxygen atoms in total. The summed E-state index contributed by atoms with van der Waals surface area (Å²) in [4.78, 5) is 12.3. The zero-order valence-electron chi connectivity index (χ0n) is 12.6. The lowest BCUT2D eigenvalue weighted by atomic mass is 9.80. The predicted molar refractivity (Wildman–Crippen MR) is 81.1 cm³/mol. The van der Waals surface area contributed by atoms with Crippen molar-refractivity contribution in [3.05, 3.63) is 35.9 Å². The van der Waals surface area contributed by atoms with Gasteiger partial charge in [-0.2, -0.15) is 0 Å².